The van der Waals surface area contributed by atoms with Gasteiger partial charge in [-0.2, -0.15) is 5.10 Å². The summed E-state index contributed by atoms with van der Waals surface area (Å²) in [5.41, 5.74) is 1.77. The fraction of sp³-hybridized carbons (Fsp3) is 0.0870. The predicted octanol–water partition coefficient (Wildman–Crippen LogP) is 6.13. The van der Waals surface area contributed by atoms with Gasteiger partial charge in [0.2, 0.25) is 0 Å². The molecule has 2 aromatic carbocycles. The van der Waals surface area contributed by atoms with Gasteiger partial charge in [0.05, 0.1) is 10.7 Å². The zero-order valence-corrected chi connectivity index (χ0v) is 16.3. The van der Waals surface area contributed by atoms with Crippen LogP contribution in [0.3, 0.4) is 0 Å². The average Bonchev–Trinajstić information content (AvgIpc) is 3.13. The summed E-state index contributed by atoms with van der Waals surface area (Å²) in [6.45, 7) is 2.01. The Morgan fingerprint density at radius 2 is 1.42 bits per heavy atom. The van der Waals surface area contributed by atoms with Crippen molar-refractivity contribution < 1.29 is 0 Å². The minimum Gasteiger partial charge on any atom is -0.253 e. The minimum absolute atomic E-state index is 0.533. The van der Waals surface area contributed by atoms with Gasteiger partial charge in [0.15, 0.2) is 0 Å². The second-order valence-corrected chi connectivity index (χ2v) is 6.79. The second kappa shape index (κ2) is 8.63. The monoisotopic (exact) mass is 404 g/mol. The summed E-state index contributed by atoms with van der Waals surface area (Å²) in [6.07, 6.45) is 16.2. The maximum Gasteiger partial charge on any atom is 0.131 e. The average molecular weight is 405 g/mol. The first-order chi connectivity index (χ1) is 12.8. The lowest BCUT2D eigenvalue weighted by Crippen LogP contribution is -2.34. The van der Waals surface area contributed by atoms with Gasteiger partial charge in [-0.25, -0.2) is 0 Å². The summed E-state index contributed by atoms with van der Waals surface area (Å²) in [5, 5.41) is 4.64. The molecule has 2 nitrogen and oxygen atoms in total. The first kappa shape index (κ1) is 18.2. The van der Waals surface area contributed by atoms with Crippen molar-refractivity contribution in [1.82, 2.24) is 9.78 Å². The highest BCUT2D eigenvalue weighted by Gasteiger charge is 2.34. The normalized spacial score (nSPS) is 12.5. The summed E-state index contributed by atoms with van der Waals surface area (Å²) < 4.78 is 2.95. The highest BCUT2D eigenvalue weighted by molar-refractivity contribution is 9.10. The number of aromatic nitrogens is 2. The summed E-state index contributed by atoms with van der Waals surface area (Å²) in [7, 11) is 0. The maximum absolute atomic E-state index is 4.64. The van der Waals surface area contributed by atoms with E-state index in [2.05, 4.69) is 81.7 Å². The molecule has 0 atom stereocenters. The first-order valence-electron chi connectivity index (χ1n) is 8.56. The van der Waals surface area contributed by atoms with E-state index in [1.165, 1.54) is 0 Å². The van der Waals surface area contributed by atoms with Crippen LogP contribution in [0.25, 0.3) is 0 Å². The smallest absolute Gasteiger partial charge is 0.131 e. The van der Waals surface area contributed by atoms with Gasteiger partial charge >= 0.3 is 0 Å². The zero-order valence-electron chi connectivity index (χ0n) is 14.7. The van der Waals surface area contributed by atoms with Crippen LogP contribution >= 0.6 is 15.9 Å². The lowest BCUT2D eigenvalue weighted by Gasteiger charge is -2.32. The van der Waals surface area contributed by atoms with Gasteiger partial charge in [-0.1, -0.05) is 91.0 Å². The SMILES string of the molecule is C\C=C/C=C\C=C\C(c1ccccc1)(c1ccccc1)n1cc(Br)cn1. The summed E-state index contributed by atoms with van der Waals surface area (Å²) in [6, 6.07) is 20.9. The minimum atomic E-state index is -0.533. The largest absolute Gasteiger partial charge is 0.253 e. The Balaban J connectivity index is 2.24. The number of rotatable bonds is 6. The van der Waals surface area contributed by atoms with E-state index in [4.69, 9.17) is 0 Å². The number of nitrogens with zero attached hydrogens (tertiary/aromatic N) is 2. The van der Waals surface area contributed by atoms with E-state index in [1.54, 1.807) is 0 Å². The molecule has 0 aliphatic carbocycles. The Bertz CT molecular complexity index is 866. The third-order valence-corrected chi connectivity index (χ3v) is 4.61. The molecule has 0 unspecified atom stereocenters. The number of halogens is 1. The molecule has 26 heavy (non-hydrogen) atoms. The Labute approximate surface area is 163 Å². The molecule has 3 aromatic rings. The van der Waals surface area contributed by atoms with Crippen LogP contribution in [0.4, 0.5) is 0 Å². The van der Waals surface area contributed by atoms with E-state index < -0.39 is 5.54 Å². The van der Waals surface area contributed by atoms with Crippen LogP contribution < -0.4 is 0 Å². The third kappa shape index (κ3) is 3.78. The van der Waals surface area contributed by atoms with E-state index in [9.17, 15) is 0 Å². The quantitative estimate of drug-likeness (QED) is 0.452. The van der Waals surface area contributed by atoms with Gasteiger partial charge in [-0.05, 0) is 40.1 Å². The van der Waals surface area contributed by atoms with Crippen molar-refractivity contribution in [3.63, 3.8) is 0 Å². The third-order valence-electron chi connectivity index (χ3n) is 4.20. The second-order valence-electron chi connectivity index (χ2n) is 5.87. The molecule has 0 radical (unpaired) electrons. The van der Waals surface area contributed by atoms with Crippen molar-refractivity contribution in [2.24, 2.45) is 0 Å². The van der Waals surface area contributed by atoms with E-state index >= 15 is 0 Å². The highest BCUT2D eigenvalue weighted by atomic mass is 79.9. The standard InChI is InChI=1S/C23H21BrN2/c1-2-3-4-5-12-17-23(20-13-8-6-9-14-20,21-15-10-7-11-16-21)26-19-22(24)18-25-26/h2-19H,1H3/b3-2-,5-4-,17-12+. The fourth-order valence-electron chi connectivity index (χ4n) is 3.01. The number of hydrogen-bond acceptors (Lipinski definition) is 1. The van der Waals surface area contributed by atoms with Gasteiger partial charge in [-0.3, -0.25) is 4.68 Å². The van der Waals surface area contributed by atoms with Crippen LogP contribution in [-0.2, 0) is 5.54 Å². The molecule has 0 saturated heterocycles. The van der Waals surface area contributed by atoms with Crippen LogP contribution in [-0.4, -0.2) is 9.78 Å². The molecular weight excluding hydrogens is 384 g/mol. The van der Waals surface area contributed by atoms with Crippen molar-refractivity contribution >= 4 is 15.9 Å². The summed E-state index contributed by atoms with van der Waals surface area (Å²) >= 11 is 3.54. The number of allylic oxidation sites excluding steroid dienone is 6. The highest BCUT2D eigenvalue weighted by Crippen LogP contribution is 2.36. The lowest BCUT2D eigenvalue weighted by molar-refractivity contribution is 0.476. The molecule has 1 aromatic heterocycles. The Hall–Kier alpha value is -2.65. The summed E-state index contributed by atoms with van der Waals surface area (Å²) in [4.78, 5) is 0. The zero-order chi connectivity index (χ0) is 18.2. The molecule has 3 rings (SSSR count). The van der Waals surface area contributed by atoms with Gasteiger partial charge in [0.25, 0.3) is 0 Å². The molecule has 0 fully saturated rings. The molecular formula is C23H21BrN2. The molecule has 1 heterocycles. The van der Waals surface area contributed by atoms with Crippen LogP contribution in [0.5, 0.6) is 0 Å². The van der Waals surface area contributed by atoms with Crippen molar-refractivity contribution in [3.8, 4) is 0 Å². The topological polar surface area (TPSA) is 17.8 Å². The predicted molar refractivity (Wildman–Crippen MR) is 112 cm³/mol. The molecule has 3 heteroatoms. The fourth-order valence-corrected chi connectivity index (χ4v) is 3.30. The van der Waals surface area contributed by atoms with Gasteiger partial charge in [0.1, 0.15) is 5.54 Å². The maximum atomic E-state index is 4.64. The van der Waals surface area contributed by atoms with Crippen LogP contribution in [0.15, 0.2) is 114 Å². The molecule has 0 bridgehead atoms. The Morgan fingerprint density at radius 3 is 1.92 bits per heavy atom. The molecule has 130 valence electrons. The Kier molecular flexibility index (Phi) is 6.03. The van der Waals surface area contributed by atoms with Crippen LogP contribution in [0, 0.1) is 0 Å². The van der Waals surface area contributed by atoms with Crippen molar-refractivity contribution in [1.29, 1.82) is 0 Å². The van der Waals surface area contributed by atoms with Gasteiger partial charge < -0.3 is 0 Å². The van der Waals surface area contributed by atoms with Crippen molar-refractivity contribution in [2.75, 3.05) is 0 Å². The lowest BCUT2D eigenvalue weighted by atomic mass is 9.82. The van der Waals surface area contributed by atoms with E-state index in [0.717, 1.165) is 15.6 Å². The van der Waals surface area contributed by atoms with Crippen molar-refractivity contribution in [3.05, 3.63) is 125 Å². The summed E-state index contributed by atoms with van der Waals surface area (Å²) in [5.74, 6) is 0. The molecule has 0 aliphatic heterocycles. The number of hydrogen-bond donors (Lipinski definition) is 0. The molecule has 0 spiro atoms. The first-order valence-corrected chi connectivity index (χ1v) is 9.35. The Morgan fingerprint density at radius 1 is 0.846 bits per heavy atom. The molecule has 0 aliphatic rings. The molecule has 0 saturated carbocycles. The van der Waals surface area contributed by atoms with Crippen LogP contribution in [0.2, 0.25) is 0 Å². The molecule has 0 N–H and O–H groups in total. The van der Waals surface area contributed by atoms with E-state index in [-0.39, 0.29) is 0 Å². The van der Waals surface area contributed by atoms with E-state index in [0.29, 0.717) is 0 Å². The van der Waals surface area contributed by atoms with Crippen molar-refractivity contribution in [2.45, 2.75) is 12.5 Å². The van der Waals surface area contributed by atoms with E-state index in [1.807, 2.05) is 60.4 Å². The number of benzene rings is 2. The molecule has 0 amide bonds. The van der Waals surface area contributed by atoms with Crippen LogP contribution in [0.1, 0.15) is 18.1 Å². The van der Waals surface area contributed by atoms with Gasteiger partial charge in [0, 0.05) is 6.20 Å². The van der Waals surface area contributed by atoms with Gasteiger partial charge in [-0.15, -0.1) is 0 Å².